The zero-order valence-electron chi connectivity index (χ0n) is 11.2. The lowest BCUT2D eigenvalue weighted by Gasteiger charge is -2.26. The number of hydrogen-bond acceptors (Lipinski definition) is 4. The number of aliphatic hydroxyl groups is 1. The molecule has 0 aromatic heterocycles. The summed E-state index contributed by atoms with van der Waals surface area (Å²) in [4.78, 5) is 2.33. The predicted octanol–water partition coefficient (Wildman–Crippen LogP) is 1.96. The third kappa shape index (κ3) is 4.18. The van der Waals surface area contributed by atoms with Gasteiger partial charge in [0, 0.05) is 29.7 Å². The van der Waals surface area contributed by atoms with Crippen molar-refractivity contribution in [1.29, 1.82) is 0 Å². The van der Waals surface area contributed by atoms with Gasteiger partial charge in [0.15, 0.2) is 0 Å². The van der Waals surface area contributed by atoms with Crippen LogP contribution >= 0.6 is 15.9 Å². The molecule has 0 aliphatic carbocycles. The Hall–Kier alpha value is -0.620. The van der Waals surface area contributed by atoms with Crippen LogP contribution in [0, 0.1) is 6.92 Å². The van der Waals surface area contributed by atoms with Gasteiger partial charge in [-0.05, 0) is 24.6 Å². The minimum atomic E-state index is -0.00678. The van der Waals surface area contributed by atoms with E-state index in [1.165, 1.54) is 0 Å². The molecule has 1 aromatic carbocycles. The summed E-state index contributed by atoms with van der Waals surface area (Å²) in [7, 11) is 0. The fourth-order valence-corrected chi connectivity index (χ4v) is 2.84. The molecular formula is C14H20BrNO3. The smallest absolute Gasteiger partial charge is 0.127 e. The lowest BCUT2D eigenvalue weighted by atomic mass is 10.1. The number of ether oxygens (including phenoxy) is 2. The Morgan fingerprint density at radius 3 is 2.79 bits per heavy atom. The second kappa shape index (κ2) is 7.24. The molecule has 1 heterocycles. The van der Waals surface area contributed by atoms with E-state index >= 15 is 0 Å². The van der Waals surface area contributed by atoms with Gasteiger partial charge in [-0.15, -0.1) is 0 Å². The van der Waals surface area contributed by atoms with Gasteiger partial charge in [-0.25, -0.2) is 0 Å². The van der Waals surface area contributed by atoms with Crippen LogP contribution in [0.2, 0.25) is 0 Å². The molecule has 5 heteroatoms. The average molecular weight is 330 g/mol. The highest BCUT2D eigenvalue weighted by molar-refractivity contribution is 9.10. The van der Waals surface area contributed by atoms with E-state index < -0.39 is 0 Å². The molecular weight excluding hydrogens is 310 g/mol. The van der Waals surface area contributed by atoms with Crippen molar-refractivity contribution in [3.05, 3.63) is 27.7 Å². The Morgan fingerprint density at radius 2 is 2.11 bits per heavy atom. The number of aliphatic hydroxyl groups excluding tert-OH is 1. The average Bonchev–Trinajstić information content (AvgIpc) is 2.42. The van der Waals surface area contributed by atoms with E-state index in [4.69, 9.17) is 9.47 Å². The number of benzene rings is 1. The number of nitrogens with zero attached hydrogens (tertiary/aromatic N) is 1. The molecule has 0 saturated carbocycles. The highest BCUT2D eigenvalue weighted by atomic mass is 79.9. The number of rotatable bonds is 5. The van der Waals surface area contributed by atoms with Crippen molar-refractivity contribution in [2.24, 2.45) is 0 Å². The number of aryl methyl sites for hydroxylation is 1. The molecule has 1 saturated heterocycles. The number of hydrogen-bond donors (Lipinski definition) is 1. The summed E-state index contributed by atoms with van der Waals surface area (Å²) in [5, 5.41) is 9.39. The Balaban J connectivity index is 1.91. The van der Waals surface area contributed by atoms with Crippen molar-refractivity contribution in [3.63, 3.8) is 0 Å². The normalized spacial score (nSPS) is 16.6. The molecule has 0 bridgehead atoms. The van der Waals surface area contributed by atoms with Gasteiger partial charge in [0.05, 0.1) is 19.8 Å². The maximum Gasteiger partial charge on any atom is 0.127 e. The highest BCUT2D eigenvalue weighted by Crippen LogP contribution is 2.28. The molecule has 106 valence electrons. The van der Waals surface area contributed by atoms with Crippen LogP contribution in [0.4, 0.5) is 0 Å². The Morgan fingerprint density at radius 1 is 1.37 bits per heavy atom. The Labute approximate surface area is 122 Å². The summed E-state index contributed by atoms with van der Waals surface area (Å²) in [5.74, 6) is 0.805. The van der Waals surface area contributed by atoms with E-state index in [9.17, 15) is 5.11 Å². The zero-order valence-corrected chi connectivity index (χ0v) is 12.8. The van der Waals surface area contributed by atoms with Crippen molar-refractivity contribution in [2.45, 2.75) is 13.5 Å². The van der Waals surface area contributed by atoms with Crippen LogP contribution in [0.15, 0.2) is 16.6 Å². The second-order valence-corrected chi connectivity index (χ2v) is 5.59. The molecule has 19 heavy (non-hydrogen) atoms. The Bertz CT molecular complexity index is 419. The van der Waals surface area contributed by atoms with Gasteiger partial charge in [0.2, 0.25) is 0 Å². The lowest BCUT2D eigenvalue weighted by Crippen LogP contribution is -2.38. The highest BCUT2D eigenvalue weighted by Gasteiger charge is 2.12. The van der Waals surface area contributed by atoms with Crippen molar-refractivity contribution in [2.75, 3.05) is 39.5 Å². The lowest BCUT2D eigenvalue weighted by molar-refractivity contribution is 0.0321. The molecule has 0 unspecified atom stereocenters. The molecule has 0 amide bonds. The first kappa shape index (κ1) is 14.8. The maximum absolute atomic E-state index is 9.39. The summed E-state index contributed by atoms with van der Waals surface area (Å²) in [5.41, 5.74) is 1.87. The molecule has 4 nitrogen and oxygen atoms in total. The summed E-state index contributed by atoms with van der Waals surface area (Å²) in [6.07, 6.45) is 0. The molecule has 0 spiro atoms. The van der Waals surface area contributed by atoms with Gasteiger partial charge in [0.25, 0.3) is 0 Å². The van der Waals surface area contributed by atoms with E-state index in [2.05, 4.69) is 20.8 Å². The third-order valence-electron chi connectivity index (χ3n) is 3.24. The molecule has 1 aromatic rings. The second-order valence-electron chi connectivity index (χ2n) is 4.67. The van der Waals surface area contributed by atoms with Gasteiger partial charge in [0.1, 0.15) is 12.4 Å². The summed E-state index contributed by atoms with van der Waals surface area (Å²) in [6.45, 7) is 7.06. The summed E-state index contributed by atoms with van der Waals surface area (Å²) < 4.78 is 12.1. The first-order valence-corrected chi connectivity index (χ1v) is 7.33. The van der Waals surface area contributed by atoms with E-state index in [1.807, 2.05) is 19.1 Å². The zero-order chi connectivity index (χ0) is 13.7. The first-order valence-electron chi connectivity index (χ1n) is 6.53. The van der Waals surface area contributed by atoms with Crippen LogP contribution in [0.5, 0.6) is 5.75 Å². The predicted molar refractivity (Wildman–Crippen MR) is 77.6 cm³/mol. The minimum absolute atomic E-state index is 0.00678. The van der Waals surface area contributed by atoms with Gasteiger partial charge < -0.3 is 14.6 Å². The van der Waals surface area contributed by atoms with E-state index in [-0.39, 0.29) is 6.61 Å². The quantitative estimate of drug-likeness (QED) is 0.896. The van der Waals surface area contributed by atoms with Gasteiger partial charge in [-0.1, -0.05) is 15.9 Å². The molecule has 1 aliphatic heterocycles. The third-order valence-corrected chi connectivity index (χ3v) is 3.70. The number of morpholine rings is 1. The van der Waals surface area contributed by atoms with Crippen LogP contribution in [0.3, 0.4) is 0 Å². The number of halogens is 1. The van der Waals surface area contributed by atoms with Gasteiger partial charge >= 0.3 is 0 Å². The van der Waals surface area contributed by atoms with Crippen molar-refractivity contribution >= 4 is 15.9 Å². The standard InChI is InChI=1S/C14H20BrNO3/c1-11-8-13(15)9-12(10-17)14(11)19-7-4-16-2-5-18-6-3-16/h8-9,17H,2-7,10H2,1H3. The van der Waals surface area contributed by atoms with E-state index in [1.54, 1.807) is 0 Å². The Kier molecular flexibility index (Phi) is 5.63. The van der Waals surface area contributed by atoms with Gasteiger partial charge in [-0.3, -0.25) is 4.90 Å². The minimum Gasteiger partial charge on any atom is -0.492 e. The molecule has 1 N–H and O–H groups in total. The largest absolute Gasteiger partial charge is 0.492 e. The van der Waals surface area contributed by atoms with Crippen LogP contribution in [0.25, 0.3) is 0 Å². The molecule has 2 rings (SSSR count). The van der Waals surface area contributed by atoms with Crippen LogP contribution in [-0.2, 0) is 11.3 Å². The maximum atomic E-state index is 9.39. The van der Waals surface area contributed by atoms with Crippen molar-refractivity contribution in [3.8, 4) is 5.75 Å². The van der Waals surface area contributed by atoms with E-state index in [0.717, 1.165) is 54.2 Å². The van der Waals surface area contributed by atoms with Gasteiger partial charge in [-0.2, -0.15) is 0 Å². The van der Waals surface area contributed by atoms with E-state index in [0.29, 0.717) is 6.61 Å². The SMILES string of the molecule is Cc1cc(Br)cc(CO)c1OCCN1CCOCC1. The topological polar surface area (TPSA) is 41.9 Å². The molecule has 1 fully saturated rings. The van der Waals surface area contributed by atoms with Crippen LogP contribution in [0.1, 0.15) is 11.1 Å². The molecule has 1 aliphatic rings. The fourth-order valence-electron chi connectivity index (χ4n) is 2.22. The fraction of sp³-hybridized carbons (Fsp3) is 0.571. The summed E-state index contributed by atoms with van der Waals surface area (Å²) >= 11 is 3.43. The molecule has 0 radical (unpaired) electrons. The van der Waals surface area contributed by atoms with Crippen LogP contribution < -0.4 is 4.74 Å². The van der Waals surface area contributed by atoms with Crippen molar-refractivity contribution in [1.82, 2.24) is 4.90 Å². The summed E-state index contributed by atoms with van der Waals surface area (Å²) in [6, 6.07) is 3.90. The van der Waals surface area contributed by atoms with Crippen LogP contribution in [-0.4, -0.2) is 49.5 Å². The molecule has 0 atom stereocenters. The first-order chi connectivity index (χ1) is 9.20. The van der Waals surface area contributed by atoms with Crippen molar-refractivity contribution < 1.29 is 14.6 Å². The monoisotopic (exact) mass is 329 g/mol.